The zero-order valence-electron chi connectivity index (χ0n) is 24.5. The first kappa shape index (κ1) is 30.6. The second-order valence-corrected chi connectivity index (χ2v) is 10.2. The highest BCUT2D eigenvalue weighted by Gasteiger charge is 2.12. The van der Waals surface area contributed by atoms with Crippen LogP contribution in [0, 0.1) is 0 Å². The van der Waals surface area contributed by atoms with E-state index in [9.17, 15) is 0 Å². The van der Waals surface area contributed by atoms with Gasteiger partial charge in [0, 0.05) is 19.8 Å². The SMILES string of the molecule is COCCOCCOc1ccc(-c2cc(-c3ccc(OCCOCCOC)cc3)cc(-c3cccc4nsnc34)c2)cc1. The van der Waals surface area contributed by atoms with Crippen molar-refractivity contribution in [2.75, 3.05) is 67.1 Å². The van der Waals surface area contributed by atoms with Crippen LogP contribution in [-0.4, -0.2) is 75.8 Å². The molecule has 0 aliphatic heterocycles. The third-order valence-electron chi connectivity index (χ3n) is 6.76. The van der Waals surface area contributed by atoms with Gasteiger partial charge in [-0.15, -0.1) is 0 Å². The third kappa shape index (κ3) is 8.59. The summed E-state index contributed by atoms with van der Waals surface area (Å²) < 4.78 is 41.7. The molecule has 0 fully saturated rings. The van der Waals surface area contributed by atoms with Crippen molar-refractivity contribution in [3.8, 4) is 44.9 Å². The molecule has 4 aromatic carbocycles. The van der Waals surface area contributed by atoms with Gasteiger partial charge in [-0.05, 0) is 76.3 Å². The Morgan fingerprint density at radius 3 is 1.56 bits per heavy atom. The number of ether oxygens (including phenoxy) is 6. The van der Waals surface area contributed by atoms with Crippen LogP contribution in [0.4, 0.5) is 0 Å². The van der Waals surface area contributed by atoms with Gasteiger partial charge in [-0.25, -0.2) is 0 Å². The molecule has 0 saturated heterocycles. The maximum atomic E-state index is 5.86. The van der Waals surface area contributed by atoms with E-state index in [0.717, 1.165) is 55.9 Å². The van der Waals surface area contributed by atoms with Crippen molar-refractivity contribution in [2.45, 2.75) is 0 Å². The molecule has 224 valence electrons. The van der Waals surface area contributed by atoms with Crippen molar-refractivity contribution in [1.82, 2.24) is 8.75 Å². The monoisotopic (exact) mass is 600 g/mol. The Morgan fingerprint density at radius 2 is 1.02 bits per heavy atom. The number of nitrogens with zero attached hydrogens (tertiary/aromatic N) is 2. The summed E-state index contributed by atoms with van der Waals surface area (Å²) in [4.78, 5) is 0. The molecule has 0 saturated carbocycles. The normalized spacial score (nSPS) is 11.2. The Morgan fingerprint density at radius 1 is 0.512 bits per heavy atom. The standard InChI is InChI=1S/C34H36N2O6S/c1-37-14-16-39-18-20-41-30-10-6-25(7-11-30)27-22-28(24-29(23-27)32-4-3-5-33-34(32)36-43-35-33)26-8-12-31(13-9-26)42-21-19-40-17-15-38-2/h3-13,22-24H,14-21H2,1-2H3. The van der Waals surface area contributed by atoms with E-state index >= 15 is 0 Å². The molecule has 1 aromatic heterocycles. The Labute approximate surface area is 256 Å². The van der Waals surface area contributed by atoms with Crippen molar-refractivity contribution in [1.29, 1.82) is 0 Å². The highest BCUT2D eigenvalue weighted by molar-refractivity contribution is 7.00. The van der Waals surface area contributed by atoms with Crippen LogP contribution in [0.2, 0.25) is 0 Å². The smallest absolute Gasteiger partial charge is 0.119 e. The highest BCUT2D eigenvalue weighted by atomic mass is 32.1. The van der Waals surface area contributed by atoms with E-state index in [1.54, 1.807) is 14.2 Å². The second kappa shape index (κ2) is 16.1. The van der Waals surface area contributed by atoms with Crippen molar-refractivity contribution in [2.24, 2.45) is 0 Å². The highest BCUT2D eigenvalue weighted by Crippen LogP contribution is 2.36. The zero-order valence-corrected chi connectivity index (χ0v) is 25.3. The fourth-order valence-corrected chi connectivity index (χ4v) is 5.12. The van der Waals surface area contributed by atoms with Gasteiger partial charge in [0.25, 0.3) is 0 Å². The number of benzene rings is 4. The van der Waals surface area contributed by atoms with Crippen molar-refractivity contribution in [3.63, 3.8) is 0 Å². The summed E-state index contributed by atoms with van der Waals surface area (Å²) in [7, 11) is 3.32. The zero-order chi connectivity index (χ0) is 29.7. The average molecular weight is 601 g/mol. The summed E-state index contributed by atoms with van der Waals surface area (Å²) >= 11 is 1.23. The molecule has 0 bridgehead atoms. The number of hydrogen-bond donors (Lipinski definition) is 0. The maximum absolute atomic E-state index is 5.86. The molecule has 8 nitrogen and oxygen atoms in total. The van der Waals surface area contributed by atoms with E-state index in [-0.39, 0.29) is 0 Å². The number of methoxy groups -OCH3 is 2. The van der Waals surface area contributed by atoms with Crippen LogP contribution in [-0.2, 0) is 18.9 Å². The molecule has 5 aromatic rings. The molecule has 0 amide bonds. The molecule has 0 N–H and O–H groups in total. The first-order valence-electron chi connectivity index (χ1n) is 14.2. The van der Waals surface area contributed by atoms with Gasteiger partial charge in [0.1, 0.15) is 35.7 Å². The molecule has 0 radical (unpaired) electrons. The summed E-state index contributed by atoms with van der Waals surface area (Å²) in [5.41, 5.74) is 8.29. The van der Waals surface area contributed by atoms with Gasteiger partial charge < -0.3 is 28.4 Å². The molecule has 9 heteroatoms. The fraction of sp³-hybridized carbons (Fsp3) is 0.294. The van der Waals surface area contributed by atoms with Crippen LogP contribution in [0.25, 0.3) is 44.4 Å². The maximum Gasteiger partial charge on any atom is 0.119 e. The minimum atomic E-state index is 0.481. The number of fused-ring (bicyclic) bond motifs is 1. The Balaban J connectivity index is 1.36. The number of aromatic nitrogens is 2. The summed E-state index contributed by atoms with van der Waals surface area (Å²) in [5, 5.41) is 0. The molecule has 5 rings (SSSR count). The van der Waals surface area contributed by atoms with E-state index in [4.69, 9.17) is 28.4 Å². The van der Waals surface area contributed by atoms with Crippen LogP contribution in [0.5, 0.6) is 11.5 Å². The van der Waals surface area contributed by atoms with E-state index in [2.05, 4.69) is 57.3 Å². The van der Waals surface area contributed by atoms with Gasteiger partial charge in [0.2, 0.25) is 0 Å². The van der Waals surface area contributed by atoms with E-state index in [1.165, 1.54) is 11.7 Å². The molecular weight excluding hydrogens is 564 g/mol. The van der Waals surface area contributed by atoms with Crippen LogP contribution < -0.4 is 9.47 Å². The lowest BCUT2D eigenvalue weighted by molar-refractivity contribution is 0.0544. The summed E-state index contributed by atoms with van der Waals surface area (Å²) in [6.07, 6.45) is 0. The summed E-state index contributed by atoms with van der Waals surface area (Å²) in [6.45, 7) is 4.26. The molecule has 0 spiro atoms. The van der Waals surface area contributed by atoms with Crippen molar-refractivity contribution in [3.05, 3.63) is 84.9 Å². The van der Waals surface area contributed by atoms with E-state index in [1.807, 2.05) is 36.4 Å². The lowest BCUT2D eigenvalue weighted by Gasteiger charge is -2.13. The molecule has 0 aliphatic carbocycles. The van der Waals surface area contributed by atoms with Gasteiger partial charge in [-0.3, -0.25) is 0 Å². The quantitative estimate of drug-likeness (QED) is 0.108. The predicted molar refractivity (Wildman–Crippen MR) is 170 cm³/mol. The third-order valence-corrected chi connectivity index (χ3v) is 7.30. The average Bonchev–Trinajstić information content (AvgIpc) is 3.54. The van der Waals surface area contributed by atoms with E-state index < -0.39 is 0 Å². The number of hydrogen-bond acceptors (Lipinski definition) is 9. The molecular formula is C34H36N2O6S. The second-order valence-electron chi connectivity index (χ2n) is 9.69. The predicted octanol–water partition coefficient (Wildman–Crippen LogP) is 6.78. The van der Waals surface area contributed by atoms with Crippen LogP contribution in [0.1, 0.15) is 0 Å². The minimum absolute atomic E-state index is 0.481. The van der Waals surface area contributed by atoms with E-state index in [0.29, 0.717) is 52.9 Å². The molecule has 0 aliphatic rings. The first-order chi connectivity index (χ1) is 21.2. The van der Waals surface area contributed by atoms with Gasteiger partial charge in [0.05, 0.1) is 51.4 Å². The van der Waals surface area contributed by atoms with Crippen molar-refractivity contribution >= 4 is 22.8 Å². The van der Waals surface area contributed by atoms with Crippen LogP contribution in [0.3, 0.4) is 0 Å². The molecule has 43 heavy (non-hydrogen) atoms. The largest absolute Gasteiger partial charge is 0.491 e. The van der Waals surface area contributed by atoms with Crippen LogP contribution in [0.15, 0.2) is 84.9 Å². The molecule has 1 heterocycles. The Bertz CT molecular complexity index is 1480. The number of rotatable bonds is 17. The molecule has 0 unspecified atom stereocenters. The lowest BCUT2D eigenvalue weighted by Crippen LogP contribution is -2.09. The minimum Gasteiger partial charge on any atom is -0.491 e. The fourth-order valence-electron chi connectivity index (χ4n) is 4.57. The first-order valence-corrected chi connectivity index (χ1v) is 14.9. The van der Waals surface area contributed by atoms with Crippen LogP contribution >= 0.6 is 11.7 Å². The molecule has 0 atom stereocenters. The van der Waals surface area contributed by atoms with Gasteiger partial charge >= 0.3 is 0 Å². The van der Waals surface area contributed by atoms with Gasteiger partial charge in [-0.2, -0.15) is 8.75 Å². The van der Waals surface area contributed by atoms with Crippen molar-refractivity contribution < 1.29 is 28.4 Å². The summed E-state index contributed by atoms with van der Waals surface area (Å²) in [5.74, 6) is 1.60. The Kier molecular flexibility index (Phi) is 11.5. The van der Waals surface area contributed by atoms with Gasteiger partial charge in [-0.1, -0.05) is 36.4 Å². The lowest BCUT2D eigenvalue weighted by atomic mass is 9.93. The van der Waals surface area contributed by atoms with Gasteiger partial charge in [0.15, 0.2) is 0 Å². The summed E-state index contributed by atoms with van der Waals surface area (Å²) in [6, 6.07) is 29.1. The topological polar surface area (TPSA) is 81.2 Å². The Hall–Kier alpha value is -3.86.